The molecule has 2 rings (SSSR count). The zero-order valence-corrected chi connectivity index (χ0v) is 11.3. The number of carbonyl (C=O) groups is 1. The van der Waals surface area contributed by atoms with Gasteiger partial charge in [0.25, 0.3) is 0 Å². The second kappa shape index (κ2) is 6.35. The van der Waals surface area contributed by atoms with E-state index in [0.717, 1.165) is 12.8 Å². The molecule has 0 aromatic heterocycles. The second-order valence-electron chi connectivity index (χ2n) is 4.95. The van der Waals surface area contributed by atoms with Gasteiger partial charge in [0.1, 0.15) is 5.82 Å². The third-order valence-electron chi connectivity index (χ3n) is 3.46. The Labute approximate surface area is 116 Å². The standard InChI is InChI=1S/C14H17ClFNO2/c15-12-2-1-3-13(16)11(12)8-14(19)17-9-4-6-10(18)7-5-9/h1-3,9-10,18H,4-8H2,(H,17,19). The summed E-state index contributed by atoms with van der Waals surface area (Å²) in [5.41, 5.74) is 0.234. The van der Waals surface area contributed by atoms with Crippen LogP contribution < -0.4 is 5.32 Å². The van der Waals surface area contributed by atoms with E-state index < -0.39 is 5.82 Å². The molecule has 1 aliphatic rings. The summed E-state index contributed by atoms with van der Waals surface area (Å²) in [4.78, 5) is 11.9. The molecule has 1 amide bonds. The molecule has 0 spiro atoms. The molecular weight excluding hydrogens is 269 g/mol. The first kappa shape index (κ1) is 14.3. The molecule has 1 aliphatic carbocycles. The third kappa shape index (κ3) is 3.91. The average molecular weight is 286 g/mol. The summed E-state index contributed by atoms with van der Waals surface area (Å²) in [7, 11) is 0. The smallest absolute Gasteiger partial charge is 0.224 e. The number of aliphatic hydroxyl groups excluding tert-OH is 1. The Bertz CT molecular complexity index is 439. The average Bonchev–Trinajstić information content (AvgIpc) is 2.37. The number of halogens is 2. The lowest BCUT2D eigenvalue weighted by Crippen LogP contribution is -2.39. The van der Waals surface area contributed by atoms with Gasteiger partial charge < -0.3 is 10.4 Å². The van der Waals surface area contributed by atoms with Gasteiger partial charge in [0, 0.05) is 16.6 Å². The first-order chi connectivity index (χ1) is 9.06. The van der Waals surface area contributed by atoms with Crippen molar-refractivity contribution in [3.8, 4) is 0 Å². The predicted molar refractivity (Wildman–Crippen MR) is 71.5 cm³/mol. The Morgan fingerprint density at radius 3 is 2.68 bits per heavy atom. The molecule has 3 nitrogen and oxygen atoms in total. The molecule has 104 valence electrons. The van der Waals surface area contributed by atoms with E-state index in [1.54, 1.807) is 6.07 Å². The molecule has 1 aromatic rings. The number of carbonyl (C=O) groups excluding carboxylic acids is 1. The highest BCUT2D eigenvalue weighted by molar-refractivity contribution is 6.31. The molecule has 0 saturated heterocycles. The van der Waals surface area contributed by atoms with E-state index in [9.17, 15) is 14.3 Å². The highest BCUT2D eigenvalue weighted by atomic mass is 35.5. The molecule has 1 saturated carbocycles. The Morgan fingerprint density at radius 2 is 2.05 bits per heavy atom. The van der Waals surface area contributed by atoms with Crippen LogP contribution in [0.2, 0.25) is 5.02 Å². The molecule has 0 bridgehead atoms. The molecule has 0 heterocycles. The molecule has 5 heteroatoms. The van der Waals surface area contributed by atoms with Gasteiger partial charge in [-0.15, -0.1) is 0 Å². The van der Waals surface area contributed by atoms with Crippen molar-refractivity contribution in [3.63, 3.8) is 0 Å². The van der Waals surface area contributed by atoms with Crippen LogP contribution in [-0.2, 0) is 11.2 Å². The van der Waals surface area contributed by atoms with Crippen molar-refractivity contribution in [1.82, 2.24) is 5.32 Å². The van der Waals surface area contributed by atoms with E-state index in [2.05, 4.69) is 5.32 Å². The van der Waals surface area contributed by atoms with Gasteiger partial charge in [0.15, 0.2) is 0 Å². The fourth-order valence-corrected chi connectivity index (χ4v) is 2.59. The van der Waals surface area contributed by atoms with Gasteiger partial charge in [-0.3, -0.25) is 4.79 Å². The quantitative estimate of drug-likeness (QED) is 0.896. The van der Waals surface area contributed by atoms with Crippen LogP contribution in [0.25, 0.3) is 0 Å². The van der Waals surface area contributed by atoms with Crippen LogP contribution in [0.3, 0.4) is 0 Å². The normalized spacial score (nSPS) is 23.1. The number of nitrogens with one attached hydrogen (secondary N) is 1. The van der Waals surface area contributed by atoms with Crippen LogP contribution in [0.1, 0.15) is 31.2 Å². The first-order valence-corrected chi connectivity index (χ1v) is 6.84. The number of aliphatic hydroxyl groups is 1. The lowest BCUT2D eigenvalue weighted by Gasteiger charge is -2.26. The van der Waals surface area contributed by atoms with Crippen molar-refractivity contribution in [2.75, 3.05) is 0 Å². The first-order valence-electron chi connectivity index (χ1n) is 6.46. The Hall–Kier alpha value is -1.13. The summed E-state index contributed by atoms with van der Waals surface area (Å²) in [6.45, 7) is 0. The minimum atomic E-state index is -0.457. The molecule has 2 N–H and O–H groups in total. The Balaban J connectivity index is 1.91. The molecule has 19 heavy (non-hydrogen) atoms. The van der Waals surface area contributed by atoms with Crippen LogP contribution in [-0.4, -0.2) is 23.2 Å². The summed E-state index contributed by atoms with van der Waals surface area (Å²) in [5, 5.41) is 12.5. The van der Waals surface area contributed by atoms with E-state index in [1.165, 1.54) is 12.1 Å². The van der Waals surface area contributed by atoms with Crippen molar-refractivity contribution in [3.05, 3.63) is 34.6 Å². The third-order valence-corrected chi connectivity index (χ3v) is 3.81. The van der Waals surface area contributed by atoms with Crippen LogP contribution in [0.15, 0.2) is 18.2 Å². The van der Waals surface area contributed by atoms with E-state index in [-0.39, 0.29) is 35.1 Å². The number of rotatable bonds is 3. The van der Waals surface area contributed by atoms with Gasteiger partial charge in [0.05, 0.1) is 12.5 Å². The van der Waals surface area contributed by atoms with E-state index in [0.29, 0.717) is 12.8 Å². The van der Waals surface area contributed by atoms with Crippen LogP contribution in [0.5, 0.6) is 0 Å². The van der Waals surface area contributed by atoms with E-state index >= 15 is 0 Å². The van der Waals surface area contributed by atoms with Gasteiger partial charge in [-0.2, -0.15) is 0 Å². The SMILES string of the molecule is O=C(Cc1c(F)cccc1Cl)NC1CCC(O)CC1. The summed E-state index contributed by atoms with van der Waals surface area (Å²) in [6.07, 6.45) is 2.62. The molecular formula is C14H17ClFNO2. The van der Waals surface area contributed by atoms with Gasteiger partial charge >= 0.3 is 0 Å². The van der Waals surface area contributed by atoms with Crippen LogP contribution in [0, 0.1) is 5.82 Å². The van der Waals surface area contributed by atoms with Gasteiger partial charge in [-0.05, 0) is 37.8 Å². The molecule has 0 radical (unpaired) electrons. The lowest BCUT2D eigenvalue weighted by atomic mass is 9.93. The fourth-order valence-electron chi connectivity index (χ4n) is 2.36. The van der Waals surface area contributed by atoms with E-state index in [4.69, 9.17) is 11.6 Å². The molecule has 1 fully saturated rings. The Kier molecular flexibility index (Phi) is 4.77. The number of hydrogen-bond acceptors (Lipinski definition) is 2. The predicted octanol–water partition coefficient (Wildman–Crippen LogP) is 2.44. The van der Waals surface area contributed by atoms with Gasteiger partial charge in [-0.25, -0.2) is 4.39 Å². The van der Waals surface area contributed by atoms with Crippen molar-refractivity contribution >= 4 is 17.5 Å². The maximum absolute atomic E-state index is 13.5. The van der Waals surface area contributed by atoms with Gasteiger partial charge in [0.2, 0.25) is 5.91 Å². The number of benzene rings is 1. The zero-order valence-electron chi connectivity index (χ0n) is 10.5. The molecule has 0 unspecified atom stereocenters. The minimum absolute atomic E-state index is 0.0510. The van der Waals surface area contributed by atoms with Crippen LogP contribution in [0.4, 0.5) is 4.39 Å². The summed E-state index contributed by atoms with van der Waals surface area (Å²) in [6, 6.07) is 4.46. The topological polar surface area (TPSA) is 49.3 Å². The summed E-state index contributed by atoms with van der Waals surface area (Å²) >= 11 is 5.88. The van der Waals surface area contributed by atoms with E-state index in [1.807, 2.05) is 0 Å². The number of amides is 1. The maximum atomic E-state index is 13.5. The van der Waals surface area contributed by atoms with Gasteiger partial charge in [-0.1, -0.05) is 17.7 Å². The van der Waals surface area contributed by atoms with Crippen molar-refractivity contribution in [2.24, 2.45) is 0 Å². The maximum Gasteiger partial charge on any atom is 0.224 e. The minimum Gasteiger partial charge on any atom is -0.393 e. The molecule has 0 aliphatic heterocycles. The largest absolute Gasteiger partial charge is 0.393 e. The summed E-state index contributed by atoms with van der Waals surface area (Å²) in [5.74, 6) is -0.685. The highest BCUT2D eigenvalue weighted by Crippen LogP contribution is 2.21. The molecule has 0 atom stereocenters. The van der Waals surface area contributed by atoms with Crippen LogP contribution >= 0.6 is 11.6 Å². The fraction of sp³-hybridized carbons (Fsp3) is 0.500. The number of hydrogen-bond donors (Lipinski definition) is 2. The second-order valence-corrected chi connectivity index (χ2v) is 5.36. The molecule has 1 aromatic carbocycles. The highest BCUT2D eigenvalue weighted by Gasteiger charge is 2.21. The lowest BCUT2D eigenvalue weighted by molar-refractivity contribution is -0.121. The monoisotopic (exact) mass is 285 g/mol. The van der Waals surface area contributed by atoms with Crippen molar-refractivity contribution in [2.45, 2.75) is 44.2 Å². The summed E-state index contributed by atoms with van der Waals surface area (Å²) < 4.78 is 13.5. The van der Waals surface area contributed by atoms with Crippen molar-refractivity contribution in [1.29, 1.82) is 0 Å². The van der Waals surface area contributed by atoms with Crippen molar-refractivity contribution < 1.29 is 14.3 Å². The Morgan fingerprint density at radius 1 is 1.37 bits per heavy atom. The zero-order chi connectivity index (χ0) is 13.8.